The van der Waals surface area contributed by atoms with Crippen molar-refractivity contribution < 1.29 is 9.90 Å². The fourth-order valence-electron chi connectivity index (χ4n) is 2.69. The van der Waals surface area contributed by atoms with Gasteiger partial charge in [0, 0.05) is 24.4 Å². The number of H-pyrrole nitrogens is 1. The van der Waals surface area contributed by atoms with Crippen LogP contribution in [-0.4, -0.2) is 49.3 Å². The minimum atomic E-state index is -0.174. The summed E-state index contributed by atoms with van der Waals surface area (Å²) in [5, 5.41) is 25.7. The number of nitrogens with zero attached hydrogens (tertiary/aromatic N) is 4. The normalized spacial score (nSPS) is 21.5. The van der Waals surface area contributed by atoms with Crippen molar-refractivity contribution in [1.82, 2.24) is 30.9 Å². The molecule has 2 aromatic heterocycles. The fraction of sp³-hybridized carbons (Fsp3) is 0.500. The summed E-state index contributed by atoms with van der Waals surface area (Å²) in [7, 11) is 0. The van der Waals surface area contributed by atoms with E-state index in [4.69, 9.17) is 5.11 Å². The maximum atomic E-state index is 12.2. The van der Waals surface area contributed by atoms with Crippen LogP contribution in [0.15, 0.2) is 18.3 Å². The predicted octanol–water partition coefficient (Wildman–Crippen LogP) is 0.543. The molecule has 8 heteroatoms. The van der Waals surface area contributed by atoms with Crippen molar-refractivity contribution >= 4 is 5.91 Å². The average Bonchev–Trinajstić information content (AvgIpc) is 3.10. The van der Waals surface area contributed by atoms with Crippen LogP contribution in [0.1, 0.15) is 36.2 Å². The quantitative estimate of drug-likeness (QED) is 0.759. The Morgan fingerprint density at radius 2 is 2.14 bits per heavy atom. The van der Waals surface area contributed by atoms with Crippen LogP contribution in [-0.2, 0) is 0 Å². The zero-order chi connectivity index (χ0) is 15.4. The Bertz CT molecular complexity index is 605. The molecule has 116 valence electrons. The van der Waals surface area contributed by atoms with Crippen molar-refractivity contribution in [2.45, 2.75) is 31.7 Å². The molecule has 3 N–H and O–H groups in total. The summed E-state index contributed by atoms with van der Waals surface area (Å²) in [5.41, 5.74) is 1.07. The molecular weight excluding hydrogens is 284 g/mol. The third-order valence-electron chi connectivity index (χ3n) is 4.04. The molecule has 1 aliphatic rings. The van der Waals surface area contributed by atoms with Gasteiger partial charge in [0.25, 0.3) is 5.91 Å². The van der Waals surface area contributed by atoms with E-state index in [1.807, 2.05) is 0 Å². The number of carbonyl (C=O) groups is 1. The Morgan fingerprint density at radius 3 is 2.73 bits per heavy atom. The molecule has 1 amide bonds. The Morgan fingerprint density at radius 1 is 1.32 bits per heavy atom. The molecule has 1 fully saturated rings. The summed E-state index contributed by atoms with van der Waals surface area (Å²) in [6.07, 6.45) is 5.26. The van der Waals surface area contributed by atoms with E-state index in [0.29, 0.717) is 23.0 Å². The lowest BCUT2D eigenvalue weighted by atomic mass is 9.86. The second-order valence-corrected chi connectivity index (χ2v) is 5.54. The standard InChI is InChI=1S/C14H18N6O2/c21-8-9-1-4-11(5-2-9)16-14(22)12-6-3-10(7-15-12)13-17-19-20-18-13/h3,6-7,9,11,21H,1-2,4-5,8H2,(H,16,22)(H,17,18,19,20). The molecule has 2 heterocycles. The first kappa shape index (κ1) is 14.6. The van der Waals surface area contributed by atoms with Gasteiger partial charge in [0.15, 0.2) is 0 Å². The molecule has 0 aliphatic heterocycles. The Kier molecular flexibility index (Phi) is 4.38. The van der Waals surface area contributed by atoms with Crippen molar-refractivity contribution in [1.29, 1.82) is 0 Å². The van der Waals surface area contributed by atoms with Gasteiger partial charge in [0.2, 0.25) is 5.82 Å². The largest absolute Gasteiger partial charge is 0.396 e. The molecule has 1 saturated carbocycles. The van der Waals surface area contributed by atoms with Crippen LogP contribution in [0.2, 0.25) is 0 Å². The summed E-state index contributed by atoms with van der Waals surface area (Å²) >= 11 is 0. The van der Waals surface area contributed by atoms with Crippen molar-refractivity contribution in [2.75, 3.05) is 6.61 Å². The average molecular weight is 302 g/mol. The Hall–Kier alpha value is -2.35. The highest BCUT2D eigenvalue weighted by molar-refractivity contribution is 5.92. The first-order chi connectivity index (χ1) is 10.8. The van der Waals surface area contributed by atoms with Crippen LogP contribution in [0.4, 0.5) is 0 Å². The van der Waals surface area contributed by atoms with Gasteiger partial charge in [-0.1, -0.05) is 0 Å². The number of carbonyl (C=O) groups excluding carboxylic acids is 1. The van der Waals surface area contributed by atoms with Crippen LogP contribution in [0, 0.1) is 5.92 Å². The summed E-state index contributed by atoms with van der Waals surface area (Å²) < 4.78 is 0. The van der Waals surface area contributed by atoms with E-state index < -0.39 is 0 Å². The highest BCUT2D eigenvalue weighted by Gasteiger charge is 2.22. The van der Waals surface area contributed by atoms with Crippen LogP contribution >= 0.6 is 0 Å². The smallest absolute Gasteiger partial charge is 0.270 e. The van der Waals surface area contributed by atoms with Crippen molar-refractivity contribution in [3.05, 3.63) is 24.0 Å². The van der Waals surface area contributed by atoms with E-state index in [-0.39, 0.29) is 18.6 Å². The molecule has 3 rings (SSSR count). The topological polar surface area (TPSA) is 117 Å². The zero-order valence-corrected chi connectivity index (χ0v) is 12.1. The molecule has 0 spiro atoms. The first-order valence-electron chi connectivity index (χ1n) is 7.38. The van der Waals surface area contributed by atoms with Gasteiger partial charge in [-0.2, -0.15) is 5.21 Å². The number of nitrogens with one attached hydrogen (secondary N) is 2. The number of aliphatic hydroxyl groups is 1. The maximum absolute atomic E-state index is 12.2. The monoisotopic (exact) mass is 302 g/mol. The molecule has 0 atom stereocenters. The van der Waals surface area contributed by atoms with Gasteiger partial charge >= 0.3 is 0 Å². The summed E-state index contributed by atoms with van der Waals surface area (Å²) in [6.45, 7) is 0.236. The lowest BCUT2D eigenvalue weighted by Gasteiger charge is -2.27. The number of amides is 1. The number of aliphatic hydroxyl groups excluding tert-OH is 1. The molecule has 8 nitrogen and oxygen atoms in total. The molecule has 0 aromatic carbocycles. The van der Waals surface area contributed by atoms with Gasteiger partial charge in [-0.15, -0.1) is 10.2 Å². The Balaban J connectivity index is 1.58. The molecule has 0 bridgehead atoms. The lowest BCUT2D eigenvalue weighted by molar-refractivity contribution is 0.0909. The van der Waals surface area contributed by atoms with E-state index in [9.17, 15) is 4.79 Å². The highest BCUT2D eigenvalue weighted by Crippen LogP contribution is 2.23. The van der Waals surface area contributed by atoms with Crippen LogP contribution in [0.3, 0.4) is 0 Å². The third kappa shape index (κ3) is 3.28. The second-order valence-electron chi connectivity index (χ2n) is 5.54. The van der Waals surface area contributed by atoms with E-state index in [1.165, 1.54) is 0 Å². The van der Waals surface area contributed by atoms with Crippen LogP contribution < -0.4 is 5.32 Å². The molecule has 2 aromatic rings. The van der Waals surface area contributed by atoms with E-state index >= 15 is 0 Å². The molecule has 0 saturated heterocycles. The molecule has 0 unspecified atom stereocenters. The number of aromatic amines is 1. The number of aromatic nitrogens is 5. The van der Waals surface area contributed by atoms with Gasteiger partial charge in [-0.05, 0) is 48.9 Å². The minimum absolute atomic E-state index is 0.161. The molecule has 1 aliphatic carbocycles. The molecule has 22 heavy (non-hydrogen) atoms. The first-order valence-corrected chi connectivity index (χ1v) is 7.38. The number of hydrogen-bond acceptors (Lipinski definition) is 6. The Labute approximate surface area is 127 Å². The maximum Gasteiger partial charge on any atom is 0.270 e. The lowest BCUT2D eigenvalue weighted by Crippen LogP contribution is -2.38. The zero-order valence-electron chi connectivity index (χ0n) is 12.1. The van der Waals surface area contributed by atoms with Gasteiger partial charge in [0.1, 0.15) is 5.69 Å². The van der Waals surface area contributed by atoms with E-state index in [0.717, 1.165) is 25.7 Å². The van der Waals surface area contributed by atoms with E-state index in [2.05, 4.69) is 30.9 Å². The SMILES string of the molecule is O=C(NC1CCC(CO)CC1)c1ccc(-c2nn[nH]n2)cn1. The van der Waals surface area contributed by atoms with Gasteiger partial charge in [-0.3, -0.25) is 9.78 Å². The molecular formula is C14H18N6O2. The highest BCUT2D eigenvalue weighted by atomic mass is 16.3. The molecule has 0 radical (unpaired) electrons. The second kappa shape index (κ2) is 6.61. The fourth-order valence-corrected chi connectivity index (χ4v) is 2.69. The summed E-state index contributed by atoms with van der Waals surface area (Å²) in [4.78, 5) is 16.3. The van der Waals surface area contributed by atoms with Crippen molar-refractivity contribution in [3.8, 4) is 11.4 Å². The van der Waals surface area contributed by atoms with E-state index in [1.54, 1.807) is 18.3 Å². The summed E-state index contributed by atoms with van der Waals surface area (Å²) in [6, 6.07) is 3.56. The number of tetrazole rings is 1. The van der Waals surface area contributed by atoms with Crippen LogP contribution in [0.5, 0.6) is 0 Å². The van der Waals surface area contributed by atoms with Crippen molar-refractivity contribution in [2.24, 2.45) is 5.92 Å². The van der Waals surface area contributed by atoms with Crippen LogP contribution in [0.25, 0.3) is 11.4 Å². The van der Waals surface area contributed by atoms with Gasteiger partial charge in [0.05, 0.1) is 0 Å². The van der Waals surface area contributed by atoms with Gasteiger partial charge in [-0.25, -0.2) is 0 Å². The number of hydrogen-bond donors (Lipinski definition) is 3. The van der Waals surface area contributed by atoms with Crippen molar-refractivity contribution in [3.63, 3.8) is 0 Å². The number of pyridine rings is 1. The predicted molar refractivity (Wildman–Crippen MR) is 77.7 cm³/mol. The minimum Gasteiger partial charge on any atom is -0.396 e. The number of rotatable bonds is 4. The third-order valence-corrected chi connectivity index (χ3v) is 4.04. The van der Waals surface area contributed by atoms with Gasteiger partial charge < -0.3 is 10.4 Å². The summed E-state index contributed by atoms with van der Waals surface area (Å²) in [5.74, 6) is 0.648.